The lowest BCUT2D eigenvalue weighted by molar-refractivity contribution is -0.130. The number of rotatable bonds is 2. The van der Waals surface area contributed by atoms with Crippen molar-refractivity contribution in [1.82, 2.24) is 15.1 Å². The predicted molar refractivity (Wildman–Crippen MR) is 79.6 cm³/mol. The second-order valence-electron chi connectivity index (χ2n) is 6.13. The summed E-state index contributed by atoms with van der Waals surface area (Å²) < 4.78 is 0. The van der Waals surface area contributed by atoms with Crippen LogP contribution in [0.3, 0.4) is 0 Å². The predicted octanol–water partition coefficient (Wildman–Crippen LogP) is 1.72. The molecule has 0 aliphatic carbocycles. The van der Waals surface area contributed by atoms with E-state index in [1.54, 1.807) is 11.3 Å². The Hall–Kier alpha value is -0.910. The van der Waals surface area contributed by atoms with Gasteiger partial charge in [0.05, 0.1) is 12.6 Å². The van der Waals surface area contributed by atoms with Crippen LogP contribution in [0.2, 0.25) is 0 Å². The molecule has 0 saturated carbocycles. The Morgan fingerprint density at radius 1 is 1.25 bits per heavy atom. The molecular weight excluding hydrogens is 270 g/mol. The third-order valence-electron chi connectivity index (χ3n) is 4.97. The molecule has 1 N–H and O–H groups in total. The van der Waals surface area contributed by atoms with Crippen molar-refractivity contribution in [3.8, 4) is 0 Å². The second-order valence-corrected chi connectivity index (χ2v) is 7.45. The monoisotopic (exact) mass is 291 g/mol. The number of fused-ring (bicyclic) bond motifs is 1. The summed E-state index contributed by atoms with van der Waals surface area (Å²) in [6, 6.07) is 5.33. The lowest BCUT2D eigenvalue weighted by Crippen LogP contribution is -2.45. The third-order valence-corrected chi connectivity index (χ3v) is 6.02. The Morgan fingerprint density at radius 2 is 2.15 bits per heavy atom. The summed E-state index contributed by atoms with van der Waals surface area (Å²) in [5.74, 6) is 0.278. The summed E-state index contributed by atoms with van der Waals surface area (Å²) in [4.78, 5) is 19.7. The molecule has 4 heterocycles. The summed E-state index contributed by atoms with van der Waals surface area (Å²) >= 11 is 1.80. The van der Waals surface area contributed by atoms with Crippen LogP contribution in [-0.4, -0.2) is 47.4 Å². The normalized spacial score (nSPS) is 34.1. The Kier molecular flexibility index (Phi) is 3.09. The van der Waals surface area contributed by atoms with Crippen LogP contribution in [0.15, 0.2) is 12.1 Å². The molecule has 20 heavy (non-hydrogen) atoms. The maximum Gasteiger partial charge on any atom is 0.238 e. The average molecular weight is 291 g/mol. The van der Waals surface area contributed by atoms with E-state index in [9.17, 15) is 4.79 Å². The minimum atomic E-state index is 0.103. The van der Waals surface area contributed by atoms with E-state index in [2.05, 4.69) is 34.2 Å². The van der Waals surface area contributed by atoms with Gasteiger partial charge in [-0.15, -0.1) is 11.3 Å². The van der Waals surface area contributed by atoms with E-state index in [-0.39, 0.29) is 12.1 Å². The van der Waals surface area contributed by atoms with Crippen molar-refractivity contribution in [2.45, 2.75) is 44.4 Å². The Labute approximate surface area is 123 Å². The number of aryl methyl sites for hydroxylation is 1. The molecule has 3 saturated heterocycles. The average Bonchev–Trinajstić information content (AvgIpc) is 3.12. The molecule has 0 aromatic carbocycles. The van der Waals surface area contributed by atoms with Crippen molar-refractivity contribution < 1.29 is 4.79 Å². The molecule has 1 aromatic rings. The van der Waals surface area contributed by atoms with Gasteiger partial charge in [0.2, 0.25) is 5.91 Å². The van der Waals surface area contributed by atoms with E-state index < -0.39 is 0 Å². The molecule has 0 radical (unpaired) electrons. The SMILES string of the molecule is Cc1ccc(C2NCC(=O)N2C2CCN3CCCC23)s1. The zero-order valence-corrected chi connectivity index (χ0v) is 12.7. The highest BCUT2D eigenvalue weighted by atomic mass is 32.1. The molecule has 4 rings (SSSR count). The van der Waals surface area contributed by atoms with E-state index >= 15 is 0 Å². The highest BCUT2D eigenvalue weighted by Gasteiger charge is 2.46. The summed E-state index contributed by atoms with van der Waals surface area (Å²) in [5.41, 5.74) is 0. The van der Waals surface area contributed by atoms with E-state index in [4.69, 9.17) is 0 Å². The van der Waals surface area contributed by atoms with Gasteiger partial charge in [-0.1, -0.05) is 0 Å². The molecule has 3 aliphatic heterocycles. The van der Waals surface area contributed by atoms with Gasteiger partial charge in [-0.2, -0.15) is 0 Å². The number of hydrogen-bond acceptors (Lipinski definition) is 4. The molecule has 3 unspecified atom stereocenters. The van der Waals surface area contributed by atoms with Gasteiger partial charge in [0.1, 0.15) is 6.17 Å². The molecule has 1 amide bonds. The zero-order valence-electron chi connectivity index (χ0n) is 11.8. The lowest BCUT2D eigenvalue weighted by atomic mass is 10.0. The number of hydrogen-bond donors (Lipinski definition) is 1. The van der Waals surface area contributed by atoms with Crippen LogP contribution in [0, 0.1) is 6.92 Å². The van der Waals surface area contributed by atoms with Gasteiger partial charge >= 0.3 is 0 Å². The van der Waals surface area contributed by atoms with Gasteiger partial charge < -0.3 is 4.90 Å². The van der Waals surface area contributed by atoms with Crippen molar-refractivity contribution >= 4 is 17.2 Å². The van der Waals surface area contributed by atoms with Crippen molar-refractivity contribution in [3.63, 3.8) is 0 Å². The fraction of sp³-hybridized carbons (Fsp3) is 0.667. The first-order valence-electron chi connectivity index (χ1n) is 7.59. The maximum absolute atomic E-state index is 12.4. The highest BCUT2D eigenvalue weighted by Crippen LogP contribution is 2.37. The van der Waals surface area contributed by atoms with Gasteiger partial charge in [-0.05, 0) is 44.9 Å². The number of nitrogens with zero attached hydrogens (tertiary/aromatic N) is 2. The lowest BCUT2D eigenvalue weighted by Gasteiger charge is -2.33. The van der Waals surface area contributed by atoms with Crippen LogP contribution in [0.25, 0.3) is 0 Å². The van der Waals surface area contributed by atoms with Crippen molar-refractivity contribution in [3.05, 3.63) is 21.9 Å². The topological polar surface area (TPSA) is 35.6 Å². The van der Waals surface area contributed by atoms with E-state index in [0.29, 0.717) is 18.6 Å². The summed E-state index contributed by atoms with van der Waals surface area (Å²) in [6.45, 7) is 5.00. The molecule has 0 spiro atoms. The summed E-state index contributed by atoms with van der Waals surface area (Å²) in [5, 5.41) is 3.41. The minimum Gasteiger partial charge on any atom is -0.316 e. The number of carbonyl (C=O) groups is 1. The summed E-state index contributed by atoms with van der Waals surface area (Å²) in [6.07, 6.45) is 3.79. The fourth-order valence-electron chi connectivity index (χ4n) is 4.11. The van der Waals surface area contributed by atoms with Crippen LogP contribution in [-0.2, 0) is 4.79 Å². The van der Waals surface area contributed by atoms with Crippen molar-refractivity contribution in [2.75, 3.05) is 19.6 Å². The van der Waals surface area contributed by atoms with E-state index in [1.807, 2.05) is 0 Å². The smallest absolute Gasteiger partial charge is 0.238 e. The quantitative estimate of drug-likeness (QED) is 0.901. The van der Waals surface area contributed by atoms with Crippen LogP contribution in [0.4, 0.5) is 0 Å². The number of carbonyl (C=O) groups excluding carboxylic acids is 1. The molecule has 3 atom stereocenters. The molecule has 3 aliphatic rings. The minimum absolute atomic E-state index is 0.103. The molecule has 4 nitrogen and oxygen atoms in total. The first kappa shape index (κ1) is 12.8. The Balaban J connectivity index is 1.62. The van der Waals surface area contributed by atoms with Crippen LogP contribution in [0.5, 0.6) is 0 Å². The van der Waals surface area contributed by atoms with Gasteiger partial charge in [0, 0.05) is 22.3 Å². The van der Waals surface area contributed by atoms with Gasteiger partial charge in [0.25, 0.3) is 0 Å². The summed E-state index contributed by atoms with van der Waals surface area (Å²) in [7, 11) is 0. The fourth-order valence-corrected chi connectivity index (χ4v) is 5.06. The molecule has 0 bridgehead atoms. The molecule has 1 aromatic heterocycles. The zero-order chi connectivity index (χ0) is 13.7. The first-order valence-corrected chi connectivity index (χ1v) is 8.40. The standard InChI is InChI=1S/C15H21N3OS/c1-10-4-5-13(20-10)15-16-9-14(19)18(15)12-6-8-17-7-2-3-11(12)17/h4-5,11-12,15-16H,2-3,6-9H2,1H3. The number of nitrogens with one attached hydrogen (secondary N) is 1. The van der Waals surface area contributed by atoms with E-state index in [0.717, 1.165) is 13.0 Å². The third kappa shape index (κ3) is 1.91. The van der Waals surface area contributed by atoms with E-state index in [1.165, 1.54) is 29.1 Å². The number of thiophene rings is 1. The molecule has 3 fully saturated rings. The van der Waals surface area contributed by atoms with Gasteiger partial charge in [0.15, 0.2) is 0 Å². The van der Waals surface area contributed by atoms with Gasteiger partial charge in [-0.25, -0.2) is 0 Å². The first-order chi connectivity index (χ1) is 9.74. The van der Waals surface area contributed by atoms with Crippen LogP contribution in [0.1, 0.15) is 35.2 Å². The molecule has 5 heteroatoms. The number of amides is 1. The van der Waals surface area contributed by atoms with Crippen molar-refractivity contribution in [2.24, 2.45) is 0 Å². The largest absolute Gasteiger partial charge is 0.316 e. The van der Waals surface area contributed by atoms with Crippen LogP contribution < -0.4 is 5.32 Å². The molecular formula is C15H21N3OS. The molecule has 108 valence electrons. The van der Waals surface area contributed by atoms with Crippen molar-refractivity contribution in [1.29, 1.82) is 0 Å². The highest BCUT2D eigenvalue weighted by molar-refractivity contribution is 7.12. The van der Waals surface area contributed by atoms with Gasteiger partial charge in [-0.3, -0.25) is 15.0 Å². The Bertz CT molecular complexity index is 529. The Morgan fingerprint density at radius 3 is 2.95 bits per heavy atom. The van der Waals surface area contributed by atoms with Crippen LogP contribution >= 0.6 is 11.3 Å². The maximum atomic E-state index is 12.4. The second kappa shape index (κ2) is 4.83.